The van der Waals surface area contributed by atoms with Gasteiger partial charge in [-0.25, -0.2) is 9.45 Å². The number of benzene rings is 2. The van der Waals surface area contributed by atoms with Crippen molar-refractivity contribution >= 4 is 31.3 Å². The van der Waals surface area contributed by atoms with Gasteiger partial charge in [-0.15, -0.1) is 0 Å². The van der Waals surface area contributed by atoms with Crippen molar-refractivity contribution in [3.8, 4) is 11.5 Å². The normalized spacial score (nSPS) is 39.5. The quantitative estimate of drug-likeness (QED) is 0.111. The van der Waals surface area contributed by atoms with E-state index in [-0.39, 0.29) is 40.7 Å². The molecule has 1 heterocycles. The third-order valence-electron chi connectivity index (χ3n) is 11.3. The largest absolute Gasteiger partial charge is 0.527 e. The van der Waals surface area contributed by atoms with Gasteiger partial charge in [-0.05, 0) is 92.5 Å². The van der Waals surface area contributed by atoms with Gasteiger partial charge in [-0.1, -0.05) is 35.9 Å². The second kappa shape index (κ2) is 13.8. The maximum atomic E-state index is 12.7. The van der Waals surface area contributed by atoms with Crippen LogP contribution in [0.3, 0.4) is 0 Å². The smallest absolute Gasteiger partial charge is 0.487 e. The minimum Gasteiger partial charge on any atom is -0.487 e. The highest BCUT2D eigenvalue weighted by Gasteiger charge is 2.77. The van der Waals surface area contributed by atoms with E-state index in [0.29, 0.717) is 28.5 Å². The first-order valence-electron chi connectivity index (χ1n) is 17.0. The highest BCUT2D eigenvalue weighted by atomic mass is 35.5. The predicted octanol–water partition coefficient (Wildman–Crippen LogP) is 3.16. The SMILES string of the molecule is COC1(c2ccc(/C=C/C(C)=O)c(OCc3ccc(OP(=O)(O)OC4[C@H](O)[C@H](O)C(O)[C@H](O)[C@H]4O)cc3)c2Cl)OOC12C1CC3CC(C1)CC2C3. The molecule has 6 aliphatic rings. The summed E-state index contributed by atoms with van der Waals surface area (Å²) in [7, 11) is -3.43. The third kappa shape index (κ3) is 6.26. The van der Waals surface area contributed by atoms with Crippen LogP contribution in [0.15, 0.2) is 42.5 Å². The highest BCUT2D eigenvalue weighted by molar-refractivity contribution is 7.47. The summed E-state index contributed by atoms with van der Waals surface area (Å²) in [6, 6.07) is 9.43. The minimum absolute atomic E-state index is 0.0205. The molecule has 0 aromatic heterocycles. The summed E-state index contributed by atoms with van der Waals surface area (Å²) in [5, 5.41) is 50.1. The van der Waals surface area contributed by atoms with E-state index in [0.717, 1.165) is 25.7 Å². The van der Waals surface area contributed by atoms with Crippen LogP contribution in [0.4, 0.5) is 0 Å². The van der Waals surface area contributed by atoms with Crippen LogP contribution in [0.25, 0.3) is 6.08 Å². The summed E-state index contributed by atoms with van der Waals surface area (Å²) in [5.41, 5.74) is 1.01. The Hall–Kier alpha value is -2.43. The molecule has 1 aliphatic heterocycles. The Morgan fingerprint density at radius 1 is 0.902 bits per heavy atom. The summed E-state index contributed by atoms with van der Waals surface area (Å²) in [5.74, 6) is 0.590. The van der Waals surface area contributed by atoms with Crippen molar-refractivity contribution in [2.75, 3.05) is 7.11 Å². The first-order chi connectivity index (χ1) is 24.2. The fourth-order valence-corrected chi connectivity index (χ4v) is 10.4. The molecule has 4 bridgehead atoms. The molecule has 5 aliphatic carbocycles. The summed E-state index contributed by atoms with van der Waals surface area (Å²) in [4.78, 5) is 34.2. The van der Waals surface area contributed by atoms with Gasteiger partial charge in [0.1, 0.15) is 54.7 Å². The number of phosphoric ester groups is 1. The summed E-state index contributed by atoms with van der Waals surface area (Å²) in [6.07, 6.45) is -3.30. The molecule has 0 amide bonds. The van der Waals surface area contributed by atoms with Crippen LogP contribution in [0.5, 0.6) is 11.5 Å². The van der Waals surface area contributed by atoms with Crippen molar-refractivity contribution in [1.82, 2.24) is 0 Å². The highest BCUT2D eigenvalue weighted by Crippen LogP contribution is 2.70. The van der Waals surface area contributed by atoms with Crippen LogP contribution in [0, 0.1) is 23.7 Å². The Balaban J connectivity index is 1.10. The lowest BCUT2D eigenvalue weighted by molar-refractivity contribution is -0.645. The zero-order chi connectivity index (χ0) is 36.5. The van der Waals surface area contributed by atoms with Crippen molar-refractivity contribution in [3.63, 3.8) is 0 Å². The first-order valence-corrected chi connectivity index (χ1v) is 18.8. The molecule has 5 saturated carbocycles. The van der Waals surface area contributed by atoms with E-state index in [2.05, 4.69) is 0 Å². The number of halogens is 1. The van der Waals surface area contributed by atoms with Crippen molar-refractivity contribution in [3.05, 3.63) is 64.2 Å². The monoisotopic (exact) mass is 752 g/mol. The van der Waals surface area contributed by atoms with Crippen molar-refractivity contribution in [1.29, 1.82) is 0 Å². The van der Waals surface area contributed by atoms with E-state index in [9.17, 15) is 39.8 Å². The van der Waals surface area contributed by atoms with Gasteiger partial charge in [-0.2, -0.15) is 4.89 Å². The van der Waals surface area contributed by atoms with E-state index in [1.54, 1.807) is 31.4 Å². The van der Waals surface area contributed by atoms with Crippen LogP contribution in [-0.2, 0) is 40.8 Å². The standard InChI is InChI=1S/C35H42ClO14P/c1-17(37)3-6-21-7-10-25(35(45-2)34(49-50-35)22-12-19-11-20(14-22)15-23(34)13-19)26(36)32(21)46-16-18-4-8-24(9-5-18)47-51(43,44)48-33-30(41)28(39)27(38)29(40)31(33)42/h3-10,19-20,22-23,27-31,33,38-42H,11-16H2,1-2H3,(H,43,44)/b6-3+/t19?,20?,22?,23?,27?,28-,29+,30-,31-,33?,34?,35?/m1/s1. The van der Waals surface area contributed by atoms with E-state index in [1.807, 2.05) is 6.07 Å². The van der Waals surface area contributed by atoms with E-state index >= 15 is 0 Å². The predicted molar refractivity (Wildman–Crippen MR) is 178 cm³/mol. The topological polar surface area (TPSA) is 211 Å². The number of ether oxygens (including phenoxy) is 2. The summed E-state index contributed by atoms with van der Waals surface area (Å²) >= 11 is 7.16. The lowest BCUT2D eigenvalue weighted by Crippen LogP contribution is -2.76. The second-order valence-corrected chi connectivity index (χ2v) is 16.1. The Kier molecular flexibility index (Phi) is 9.96. The molecule has 8 atom stereocenters. The summed E-state index contributed by atoms with van der Waals surface area (Å²) < 4.78 is 35.2. The Bertz CT molecular complexity index is 1670. The number of carbonyl (C=O) groups is 1. The molecule has 1 spiro atoms. The number of allylic oxidation sites excluding steroid dienone is 1. The molecule has 16 heteroatoms. The fourth-order valence-electron chi connectivity index (χ4n) is 9.07. The van der Waals surface area contributed by atoms with Crippen molar-refractivity contribution in [2.24, 2.45) is 23.7 Å². The summed E-state index contributed by atoms with van der Waals surface area (Å²) in [6.45, 7) is 1.41. The van der Waals surface area contributed by atoms with Crippen LogP contribution >= 0.6 is 19.4 Å². The van der Waals surface area contributed by atoms with Gasteiger partial charge in [0.2, 0.25) is 0 Å². The molecular formula is C35H42ClO14P. The minimum atomic E-state index is -5.02. The molecule has 2 aromatic carbocycles. The average Bonchev–Trinajstić information content (AvgIpc) is 3.08. The first kappa shape index (κ1) is 36.9. The molecule has 0 radical (unpaired) electrons. The van der Waals surface area contributed by atoms with Gasteiger partial charge in [0.15, 0.2) is 11.4 Å². The zero-order valence-electron chi connectivity index (χ0n) is 27.9. The molecule has 8 rings (SSSR count). The maximum absolute atomic E-state index is 12.7. The molecule has 2 aromatic rings. The number of hydrogen-bond acceptors (Lipinski definition) is 13. The molecule has 4 unspecified atom stereocenters. The molecule has 6 N–H and O–H groups in total. The van der Waals surface area contributed by atoms with Gasteiger partial charge in [0.05, 0.1) is 5.02 Å². The lowest BCUT2D eigenvalue weighted by atomic mass is 9.47. The van der Waals surface area contributed by atoms with Gasteiger partial charge < -0.3 is 39.5 Å². The van der Waals surface area contributed by atoms with E-state index in [1.165, 1.54) is 31.6 Å². The maximum Gasteiger partial charge on any atom is 0.527 e. The van der Waals surface area contributed by atoms with Crippen molar-refractivity contribution in [2.45, 2.75) is 93.6 Å². The van der Waals surface area contributed by atoms with Crippen LogP contribution in [-0.4, -0.2) is 85.5 Å². The second-order valence-electron chi connectivity index (χ2n) is 14.4. The average molecular weight is 753 g/mol. The number of methoxy groups -OCH3 is 1. The van der Waals surface area contributed by atoms with Gasteiger partial charge >= 0.3 is 7.82 Å². The Labute approximate surface area is 299 Å². The molecule has 6 fully saturated rings. The number of rotatable bonds is 11. The van der Waals surface area contributed by atoms with E-state index in [4.69, 9.17) is 39.9 Å². The number of carbonyl (C=O) groups excluding carboxylic acids is 1. The zero-order valence-corrected chi connectivity index (χ0v) is 29.6. The van der Waals surface area contributed by atoms with Gasteiger partial charge in [0, 0.05) is 18.2 Å². The van der Waals surface area contributed by atoms with Gasteiger partial charge in [0.25, 0.3) is 5.79 Å². The molecule has 278 valence electrons. The van der Waals surface area contributed by atoms with Crippen molar-refractivity contribution < 1.29 is 68.1 Å². The number of ketones is 1. The number of hydrogen-bond donors (Lipinski definition) is 6. The number of aliphatic hydroxyl groups is 5. The molecule has 51 heavy (non-hydrogen) atoms. The molecular weight excluding hydrogens is 711 g/mol. The Morgan fingerprint density at radius 3 is 2.02 bits per heavy atom. The Morgan fingerprint density at radius 2 is 1.49 bits per heavy atom. The van der Waals surface area contributed by atoms with Crippen LogP contribution < -0.4 is 9.26 Å². The van der Waals surface area contributed by atoms with E-state index < -0.39 is 55.8 Å². The fraction of sp³-hybridized carbons (Fsp3) is 0.571. The number of aliphatic hydroxyl groups excluding tert-OH is 5. The van der Waals surface area contributed by atoms with Crippen LogP contribution in [0.1, 0.15) is 55.7 Å². The van der Waals surface area contributed by atoms with Gasteiger partial charge in [-0.3, -0.25) is 14.2 Å². The lowest BCUT2D eigenvalue weighted by Gasteiger charge is -2.68. The number of phosphoric acid groups is 1. The molecule has 1 saturated heterocycles. The van der Waals surface area contributed by atoms with Crippen LogP contribution in [0.2, 0.25) is 5.02 Å². The molecule has 14 nitrogen and oxygen atoms in total. The third-order valence-corrected chi connectivity index (χ3v) is 12.6.